The number of hydrogen-bond donors (Lipinski definition) is 0. The van der Waals surface area contributed by atoms with Crippen LogP contribution >= 0.6 is 0 Å². The highest BCUT2D eigenvalue weighted by Crippen LogP contribution is 2.65. The topological polar surface area (TPSA) is 16.4 Å². The van der Waals surface area contributed by atoms with Crippen LogP contribution in [0.1, 0.15) is 69.5 Å². The van der Waals surface area contributed by atoms with E-state index in [4.69, 9.17) is 4.42 Å². The number of para-hydroxylation sites is 1. The highest BCUT2D eigenvalue weighted by Gasteiger charge is 2.53. The highest BCUT2D eigenvalue weighted by atomic mass is 16.3. The molecule has 1 aromatic heterocycles. The van der Waals surface area contributed by atoms with Crippen molar-refractivity contribution in [3.63, 3.8) is 0 Å². The Labute approximate surface area is 425 Å². The third-order valence-corrected chi connectivity index (χ3v) is 17.4. The molecule has 73 heavy (non-hydrogen) atoms. The van der Waals surface area contributed by atoms with Crippen molar-refractivity contribution in [3.8, 4) is 44.5 Å². The summed E-state index contributed by atoms with van der Waals surface area (Å²) in [6.07, 6.45) is 0. The van der Waals surface area contributed by atoms with Gasteiger partial charge in [-0.3, -0.25) is 0 Å². The summed E-state index contributed by atoms with van der Waals surface area (Å²) in [5, 5.41) is 2.20. The van der Waals surface area contributed by atoms with E-state index in [2.05, 4.69) is 267 Å². The number of anilines is 3. The molecule has 0 saturated carbocycles. The molecule has 4 aliphatic rings. The van der Waals surface area contributed by atoms with Gasteiger partial charge in [0.05, 0.1) is 16.5 Å². The standard InChI is InChI=1S/C71H47NO/c1-69(2)57-29-13-6-22-47(57)53-38-36-45(42-63(53)69)72(46-37-39-54-52-27-11-18-34-62(52)71(64(54)43-46)60-32-16-9-25-50(60)51-26-10-17-33-61(51)71)65-41-40-56-55-28-12-19-35-66(55)73-68(56)67(65)70(44-20-4-3-5-21-44)58-30-14-7-23-48(58)49-24-8-15-31-59(49)70/h3-43H,1-2H3. The first kappa shape index (κ1) is 40.7. The second kappa shape index (κ2) is 14.6. The number of rotatable bonds is 5. The van der Waals surface area contributed by atoms with Crippen LogP contribution in [0.15, 0.2) is 253 Å². The molecular weight excluding hydrogens is 883 g/mol. The first-order chi connectivity index (χ1) is 36.0. The van der Waals surface area contributed by atoms with Gasteiger partial charge in [0.25, 0.3) is 0 Å². The number of benzene rings is 11. The molecule has 4 aliphatic carbocycles. The Kier molecular flexibility index (Phi) is 8.12. The zero-order valence-corrected chi connectivity index (χ0v) is 40.5. The molecule has 11 aromatic carbocycles. The summed E-state index contributed by atoms with van der Waals surface area (Å²) in [5.41, 5.74) is 26.4. The second-order valence-electron chi connectivity index (χ2n) is 21.0. The second-order valence-corrected chi connectivity index (χ2v) is 21.0. The molecular formula is C71H47NO. The molecule has 0 N–H and O–H groups in total. The van der Waals surface area contributed by atoms with Gasteiger partial charge in [-0.1, -0.05) is 220 Å². The minimum absolute atomic E-state index is 0.228. The lowest BCUT2D eigenvalue weighted by Crippen LogP contribution is -2.31. The molecule has 0 saturated heterocycles. The van der Waals surface area contributed by atoms with Gasteiger partial charge in [-0.2, -0.15) is 0 Å². The Morgan fingerprint density at radius 3 is 1.27 bits per heavy atom. The van der Waals surface area contributed by atoms with Gasteiger partial charge in [0.2, 0.25) is 0 Å². The van der Waals surface area contributed by atoms with E-state index in [1.54, 1.807) is 0 Å². The van der Waals surface area contributed by atoms with Crippen molar-refractivity contribution in [1.82, 2.24) is 0 Å². The molecule has 342 valence electrons. The van der Waals surface area contributed by atoms with Crippen LogP contribution < -0.4 is 4.90 Å². The normalized spacial score (nSPS) is 15.0. The minimum Gasteiger partial charge on any atom is -0.456 e. The minimum atomic E-state index is -0.792. The first-order valence-electron chi connectivity index (χ1n) is 25.7. The lowest BCUT2D eigenvalue weighted by atomic mass is 9.66. The van der Waals surface area contributed by atoms with Gasteiger partial charge in [0, 0.05) is 33.1 Å². The van der Waals surface area contributed by atoms with E-state index in [1.807, 2.05) is 0 Å². The summed E-state index contributed by atoms with van der Waals surface area (Å²) in [5.74, 6) is 0. The molecule has 0 fully saturated rings. The predicted molar refractivity (Wildman–Crippen MR) is 300 cm³/mol. The molecule has 0 bridgehead atoms. The summed E-state index contributed by atoms with van der Waals surface area (Å²) < 4.78 is 7.43. The van der Waals surface area contributed by atoms with Gasteiger partial charge in [-0.25, -0.2) is 0 Å². The average molecular weight is 930 g/mol. The lowest BCUT2D eigenvalue weighted by Gasteiger charge is -2.39. The molecule has 2 heteroatoms. The molecule has 0 aliphatic heterocycles. The summed E-state index contributed by atoms with van der Waals surface area (Å²) in [6, 6.07) is 93.5. The van der Waals surface area contributed by atoms with Crippen LogP contribution in [0.2, 0.25) is 0 Å². The predicted octanol–water partition coefficient (Wildman–Crippen LogP) is 18.1. The van der Waals surface area contributed by atoms with Crippen molar-refractivity contribution < 1.29 is 4.42 Å². The SMILES string of the molecule is CC1(C)c2ccccc2-c2ccc(N(c3ccc4c(c3)C3(c5ccccc5-c5ccccc53)c3ccccc3-4)c3ccc4c(oc5ccccc54)c3C3(c4ccccc4)c4ccccc4-c4ccccc43)cc21. The average Bonchev–Trinajstić information content (AvgIpc) is 4.21. The van der Waals surface area contributed by atoms with Crippen LogP contribution in [0.3, 0.4) is 0 Å². The van der Waals surface area contributed by atoms with Crippen LogP contribution in [0.4, 0.5) is 17.1 Å². The van der Waals surface area contributed by atoms with Gasteiger partial charge in [0.15, 0.2) is 0 Å². The van der Waals surface area contributed by atoms with Crippen LogP contribution in [-0.4, -0.2) is 0 Å². The van der Waals surface area contributed by atoms with E-state index >= 15 is 0 Å². The maximum Gasteiger partial charge on any atom is 0.142 e. The molecule has 0 radical (unpaired) electrons. The van der Waals surface area contributed by atoms with Gasteiger partial charge in [0.1, 0.15) is 11.2 Å². The molecule has 0 amide bonds. The molecule has 12 aromatic rings. The largest absolute Gasteiger partial charge is 0.456 e. The molecule has 2 nitrogen and oxygen atoms in total. The highest BCUT2D eigenvalue weighted by molar-refractivity contribution is 6.10. The lowest BCUT2D eigenvalue weighted by molar-refractivity contribution is 0.648. The van der Waals surface area contributed by atoms with Crippen molar-refractivity contribution in [2.45, 2.75) is 30.1 Å². The smallest absolute Gasteiger partial charge is 0.142 e. The Hall–Kier alpha value is -8.98. The maximum atomic E-state index is 7.43. The van der Waals surface area contributed by atoms with E-state index in [1.165, 1.54) is 94.6 Å². The fourth-order valence-electron chi connectivity index (χ4n) is 14.5. The van der Waals surface area contributed by atoms with E-state index in [0.29, 0.717) is 0 Å². The summed E-state index contributed by atoms with van der Waals surface area (Å²) in [7, 11) is 0. The Balaban J connectivity index is 1.06. The maximum absolute atomic E-state index is 7.43. The van der Waals surface area contributed by atoms with Crippen molar-refractivity contribution in [2.75, 3.05) is 4.90 Å². The molecule has 1 heterocycles. The van der Waals surface area contributed by atoms with Crippen molar-refractivity contribution in [3.05, 3.63) is 304 Å². The monoisotopic (exact) mass is 929 g/mol. The zero-order chi connectivity index (χ0) is 48.2. The fraction of sp³-hybridized carbons (Fsp3) is 0.0704. The first-order valence-corrected chi connectivity index (χ1v) is 25.7. The fourth-order valence-corrected chi connectivity index (χ4v) is 14.5. The van der Waals surface area contributed by atoms with Gasteiger partial charge in [-0.05, 0) is 137 Å². The summed E-state index contributed by atoms with van der Waals surface area (Å²) in [6.45, 7) is 4.78. The number of furan rings is 1. The Bertz CT molecular complexity index is 4210. The Morgan fingerprint density at radius 2 is 0.726 bits per heavy atom. The summed E-state index contributed by atoms with van der Waals surface area (Å²) in [4.78, 5) is 2.58. The molecule has 16 rings (SSSR count). The third-order valence-electron chi connectivity index (χ3n) is 17.4. The molecule has 0 unspecified atom stereocenters. The van der Waals surface area contributed by atoms with E-state index < -0.39 is 10.8 Å². The van der Waals surface area contributed by atoms with E-state index in [0.717, 1.165) is 44.6 Å². The number of nitrogens with zero attached hydrogens (tertiary/aromatic N) is 1. The van der Waals surface area contributed by atoms with Crippen LogP contribution in [0.5, 0.6) is 0 Å². The van der Waals surface area contributed by atoms with E-state index in [9.17, 15) is 0 Å². The Morgan fingerprint density at radius 1 is 0.315 bits per heavy atom. The van der Waals surface area contributed by atoms with Gasteiger partial charge >= 0.3 is 0 Å². The van der Waals surface area contributed by atoms with Crippen LogP contribution in [0.25, 0.3) is 66.4 Å². The van der Waals surface area contributed by atoms with Crippen molar-refractivity contribution >= 4 is 39.0 Å². The van der Waals surface area contributed by atoms with Crippen molar-refractivity contribution in [2.24, 2.45) is 0 Å². The third kappa shape index (κ3) is 5.08. The van der Waals surface area contributed by atoms with Crippen LogP contribution in [-0.2, 0) is 16.2 Å². The van der Waals surface area contributed by atoms with Crippen molar-refractivity contribution in [1.29, 1.82) is 0 Å². The van der Waals surface area contributed by atoms with Gasteiger partial charge < -0.3 is 9.32 Å². The van der Waals surface area contributed by atoms with Crippen LogP contribution in [0, 0.1) is 0 Å². The molecule has 0 atom stereocenters. The number of hydrogen-bond acceptors (Lipinski definition) is 2. The van der Waals surface area contributed by atoms with Gasteiger partial charge in [-0.15, -0.1) is 0 Å². The van der Waals surface area contributed by atoms with E-state index in [-0.39, 0.29) is 5.41 Å². The summed E-state index contributed by atoms with van der Waals surface area (Å²) >= 11 is 0. The molecule has 1 spiro atoms. The quantitative estimate of drug-likeness (QED) is 0.171. The zero-order valence-electron chi connectivity index (χ0n) is 40.5. The number of fused-ring (bicyclic) bond motifs is 19.